The molecule has 98 valence electrons. The molecule has 0 heterocycles. The lowest BCUT2D eigenvalue weighted by Gasteiger charge is -2.34. The normalized spacial score (nSPS) is 30.2. The van der Waals surface area contributed by atoms with Crippen LogP contribution in [-0.4, -0.2) is 19.4 Å². The van der Waals surface area contributed by atoms with Crippen LogP contribution in [0, 0.1) is 22.7 Å². The minimum absolute atomic E-state index is 0.158. The van der Waals surface area contributed by atoms with Crippen LogP contribution in [0.3, 0.4) is 0 Å². The van der Waals surface area contributed by atoms with Gasteiger partial charge in [-0.15, -0.1) is 0 Å². The second-order valence-corrected chi connectivity index (χ2v) is 8.44. The first-order chi connectivity index (χ1) is 7.81. The number of hydrogen-bond donors (Lipinski definition) is 0. The average Bonchev–Trinajstić information content (AvgIpc) is 2.26. The van der Waals surface area contributed by atoms with Crippen molar-refractivity contribution >= 4 is 9.84 Å². The summed E-state index contributed by atoms with van der Waals surface area (Å²) in [5, 5.41) is 9.02. The molecule has 4 heteroatoms. The first-order valence-electron chi connectivity index (χ1n) is 6.44. The maximum atomic E-state index is 11.8. The SMILES string of the molecule is CC1CCCC(C#N)(CCS(=O)(=O)C(C)C)C1. The van der Waals surface area contributed by atoms with E-state index in [2.05, 4.69) is 13.0 Å². The molecule has 0 radical (unpaired) electrons. The Hall–Kier alpha value is -0.560. The van der Waals surface area contributed by atoms with Crippen molar-refractivity contribution in [1.82, 2.24) is 0 Å². The zero-order valence-corrected chi connectivity index (χ0v) is 11.9. The molecule has 0 bridgehead atoms. The van der Waals surface area contributed by atoms with Crippen molar-refractivity contribution in [3.63, 3.8) is 0 Å². The molecule has 17 heavy (non-hydrogen) atoms. The molecule has 3 nitrogen and oxygen atoms in total. The van der Waals surface area contributed by atoms with Gasteiger partial charge in [0.05, 0.1) is 22.5 Å². The summed E-state index contributed by atoms with van der Waals surface area (Å²) in [4.78, 5) is 0. The largest absolute Gasteiger partial charge is 0.229 e. The Bertz CT molecular complexity index is 394. The molecule has 2 unspecified atom stereocenters. The lowest BCUT2D eigenvalue weighted by atomic mass is 9.69. The zero-order chi connectivity index (χ0) is 13.1. The molecular weight excluding hydrogens is 234 g/mol. The van der Waals surface area contributed by atoms with E-state index in [1.54, 1.807) is 13.8 Å². The maximum Gasteiger partial charge on any atom is 0.152 e. The minimum Gasteiger partial charge on any atom is -0.229 e. The van der Waals surface area contributed by atoms with Gasteiger partial charge in [-0.2, -0.15) is 5.26 Å². The van der Waals surface area contributed by atoms with Gasteiger partial charge in [0.1, 0.15) is 0 Å². The highest BCUT2D eigenvalue weighted by Gasteiger charge is 2.36. The zero-order valence-electron chi connectivity index (χ0n) is 11.1. The van der Waals surface area contributed by atoms with E-state index in [4.69, 9.17) is 0 Å². The van der Waals surface area contributed by atoms with E-state index in [-0.39, 0.29) is 16.4 Å². The Balaban J connectivity index is 2.68. The van der Waals surface area contributed by atoms with Crippen LogP contribution in [0.2, 0.25) is 0 Å². The summed E-state index contributed by atoms with van der Waals surface area (Å²) >= 11 is 0. The molecule has 1 saturated carbocycles. The second kappa shape index (κ2) is 5.39. The summed E-state index contributed by atoms with van der Waals surface area (Å²) in [6, 6.07) is 2.39. The number of hydrogen-bond acceptors (Lipinski definition) is 3. The Morgan fingerprint density at radius 3 is 2.59 bits per heavy atom. The van der Waals surface area contributed by atoms with Crippen LogP contribution in [0.25, 0.3) is 0 Å². The molecular formula is C13H23NO2S. The van der Waals surface area contributed by atoms with Crippen molar-refractivity contribution in [2.75, 3.05) is 5.75 Å². The van der Waals surface area contributed by atoms with Crippen LogP contribution in [0.15, 0.2) is 0 Å². The van der Waals surface area contributed by atoms with Crippen molar-refractivity contribution in [2.24, 2.45) is 11.3 Å². The van der Waals surface area contributed by atoms with Crippen LogP contribution in [0.1, 0.15) is 52.9 Å². The highest BCUT2D eigenvalue weighted by Crippen LogP contribution is 2.41. The highest BCUT2D eigenvalue weighted by molar-refractivity contribution is 7.91. The molecule has 0 spiro atoms. The van der Waals surface area contributed by atoms with E-state index in [0.717, 1.165) is 19.3 Å². The average molecular weight is 257 g/mol. The molecule has 0 N–H and O–H groups in total. The number of nitriles is 1. The molecule has 0 aromatic carbocycles. The molecule has 2 atom stereocenters. The Labute approximate surface area is 105 Å². The summed E-state index contributed by atoms with van der Waals surface area (Å²) in [6.45, 7) is 5.57. The molecule has 1 rings (SSSR count). The quantitative estimate of drug-likeness (QED) is 0.778. The lowest BCUT2D eigenvalue weighted by Crippen LogP contribution is -2.30. The van der Waals surface area contributed by atoms with Gasteiger partial charge in [-0.25, -0.2) is 8.42 Å². The van der Waals surface area contributed by atoms with E-state index in [9.17, 15) is 13.7 Å². The van der Waals surface area contributed by atoms with E-state index >= 15 is 0 Å². The van der Waals surface area contributed by atoms with Crippen LogP contribution >= 0.6 is 0 Å². The third kappa shape index (κ3) is 3.70. The van der Waals surface area contributed by atoms with Gasteiger partial charge < -0.3 is 0 Å². The third-order valence-electron chi connectivity index (χ3n) is 3.91. The van der Waals surface area contributed by atoms with Crippen LogP contribution in [0.4, 0.5) is 0 Å². The highest BCUT2D eigenvalue weighted by atomic mass is 32.2. The Morgan fingerprint density at radius 1 is 1.47 bits per heavy atom. The number of rotatable bonds is 4. The minimum atomic E-state index is -3.01. The predicted molar refractivity (Wildman–Crippen MR) is 69.2 cm³/mol. The van der Waals surface area contributed by atoms with Crippen LogP contribution in [0.5, 0.6) is 0 Å². The fourth-order valence-electron chi connectivity index (χ4n) is 2.62. The van der Waals surface area contributed by atoms with E-state index in [1.807, 2.05) is 0 Å². The van der Waals surface area contributed by atoms with Crippen molar-refractivity contribution < 1.29 is 8.42 Å². The molecule has 0 aromatic rings. The molecule has 0 aliphatic heterocycles. The summed E-state index contributed by atoms with van der Waals surface area (Å²) in [5.74, 6) is 0.704. The molecule has 0 aromatic heterocycles. The maximum absolute atomic E-state index is 11.8. The van der Waals surface area contributed by atoms with E-state index < -0.39 is 9.84 Å². The van der Waals surface area contributed by atoms with Crippen molar-refractivity contribution in [3.05, 3.63) is 0 Å². The van der Waals surface area contributed by atoms with Gasteiger partial charge in [0, 0.05) is 0 Å². The van der Waals surface area contributed by atoms with E-state index in [0.29, 0.717) is 12.3 Å². The molecule has 1 aliphatic rings. The van der Waals surface area contributed by atoms with Crippen molar-refractivity contribution in [2.45, 2.75) is 58.1 Å². The van der Waals surface area contributed by atoms with Gasteiger partial charge in [0.15, 0.2) is 9.84 Å². The third-order valence-corrected chi connectivity index (χ3v) is 6.12. The lowest BCUT2D eigenvalue weighted by molar-refractivity contribution is 0.205. The number of sulfone groups is 1. The summed E-state index contributed by atoms with van der Waals surface area (Å²) < 4.78 is 23.6. The van der Waals surface area contributed by atoms with Gasteiger partial charge >= 0.3 is 0 Å². The van der Waals surface area contributed by atoms with Gasteiger partial charge in [-0.05, 0) is 39.0 Å². The Morgan fingerprint density at radius 2 is 2.12 bits per heavy atom. The smallest absolute Gasteiger partial charge is 0.152 e. The topological polar surface area (TPSA) is 57.9 Å². The molecule has 1 aliphatic carbocycles. The summed E-state index contributed by atoms with van der Waals surface area (Å²) in [6.07, 6.45) is 4.45. The molecule has 0 saturated heterocycles. The van der Waals surface area contributed by atoms with E-state index in [1.165, 1.54) is 6.42 Å². The first-order valence-corrected chi connectivity index (χ1v) is 8.16. The van der Waals surface area contributed by atoms with Gasteiger partial charge in [0.2, 0.25) is 0 Å². The second-order valence-electron chi connectivity index (χ2n) is 5.76. The van der Waals surface area contributed by atoms with Crippen LogP contribution in [-0.2, 0) is 9.84 Å². The predicted octanol–water partition coefficient (Wildman–Crippen LogP) is 2.92. The van der Waals surface area contributed by atoms with Crippen molar-refractivity contribution in [3.8, 4) is 6.07 Å². The Kier molecular flexibility index (Phi) is 4.60. The van der Waals surface area contributed by atoms with Crippen molar-refractivity contribution in [1.29, 1.82) is 5.26 Å². The summed E-state index contributed by atoms with van der Waals surface area (Å²) in [7, 11) is -3.01. The fraction of sp³-hybridized carbons (Fsp3) is 0.923. The monoisotopic (exact) mass is 257 g/mol. The van der Waals surface area contributed by atoms with Crippen LogP contribution < -0.4 is 0 Å². The van der Waals surface area contributed by atoms with Gasteiger partial charge in [-0.3, -0.25) is 0 Å². The number of nitrogens with zero attached hydrogens (tertiary/aromatic N) is 1. The standard InChI is InChI=1S/C13H23NO2S/c1-11(2)17(15,16)8-7-13(10-14)6-4-5-12(3)9-13/h11-12H,4-9H2,1-3H3. The van der Waals surface area contributed by atoms with Gasteiger partial charge in [0.25, 0.3) is 0 Å². The van der Waals surface area contributed by atoms with Gasteiger partial charge in [-0.1, -0.05) is 19.8 Å². The molecule has 1 fully saturated rings. The first kappa shape index (κ1) is 14.5. The summed E-state index contributed by atoms with van der Waals surface area (Å²) in [5.41, 5.74) is -0.389. The fourth-order valence-corrected chi connectivity index (χ4v) is 3.76. The molecule has 0 amide bonds.